The number of ether oxygens (including phenoxy) is 1. The first-order chi connectivity index (χ1) is 21.3. The van der Waals surface area contributed by atoms with Gasteiger partial charge in [-0.15, -0.1) is 0 Å². The lowest BCUT2D eigenvalue weighted by atomic mass is 9.79. The van der Waals surface area contributed by atoms with E-state index in [1.165, 1.54) is 32.1 Å². The molecule has 6 N–H and O–H groups in total. The topological polar surface area (TPSA) is 154 Å². The highest BCUT2D eigenvalue weighted by Crippen LogP contribution is 2.48. The van der Waals surface area contributed by atoms with Gasteiger partial charge in [0.2, 0.25) is 23.6 Å². The smallest absolute Gasteiger partial charge is 0.226 e. The molecule has 0 aromatic rings. The Bertz CT molecular complexity index is 981. The number of rotatable bonds is 16. The normalized spacial score (nSPS) is 18.9. The maximum absolute atomic E-state index is 12.3. The van der Waals surface area contributed by atoms with E-state index in [1.54, 1.807) is 27.7 Å². The molecule has 0 spiro atoms. The quantitative estimate of drug-likeness (QED) is 0.141. The zero-order chi connectivity index (χ0) is 35.3. The minimum absolute atomic E-state index is 0. The molecular formula is C38H74N4O5. The van der Waals surface area contributed by atoms with Crippen molar-refractivity contribution in [3.05, 3.63) is 0 Å². The molecule has 0 bridgehead atoms. The predicted molar refractivity (Wildman–Crippen MR) is 193 cm³/mol. The Morgan fingerprint density at radius 3 is 1.60 bits per heavy atom. The van der Waals surface area contributed by atoms with Crippen LogP contribution in [0, 0.1) is 39.9 Å². The SMILES string of the molecule is C.CCCC(C(=O)NCC(C)(C)C(N)=O)C1CC1.CCCC(C)(C(=O)NCC(C)(C)C(N)=O)C1CC1.COC(C)(C)C1CCCCC1. The van der Waals surface area contributed by atoms with Crippen LogP contribution in [0.4, 0.5) is 0 Å². The molecule has 0 heterocycles. The van der Waals surface area contributed by atoms with E-state index in [4.69, 9.17) is 16.2 Å². The van der Waals surface area contributed by atoms with Gasteiger partial charge in [-0.3, -0.25) is 19.2 Å². The van der Waals surface area contributed by atoms with Crippen LogP contribution in [0.5, 0.6) is 0 Å². The van der Waals surface area contributed by atoms with Gasteiger partial charge in [0.05, 0.1) is 16.4 Å². The molecule has 0 aromatic heterocycles. The van der Waals surface area contributed by atoms with Crippen molar-refractivity contribution in [1.29, 1.82) is 0 Å². The molecule has 0 saturated heterocycles. The summed E-state index contributed by atoms with van der Waals surface area (Å²) in [5.41, 5.74) is 9.06. The van der Waals surface area contributed by atoms with Gasteiger partial charge in [0.1, 0.15) is 0 Å². The van der Waals surface area contributed by atoms with Crippen LogP contribution in [0.3, 0.4) is 0 Å². The van der Waals surface area contributed by atoms with Crippen molar-refractivity contribution >= 4 is 23.6 Å². The molecule has 2 atom stereocenters. The molecule has 2 unspecified atom stereocenters. The summed E-state index contributed by atoms with van der Waals surface area (Å²) < 4.78 is 5.48. The second kappa shape index (κ2) is 19.7. The average molecular weight is 667 g/mol. The van der Waals surface area contributed by atoms with E-state index in [2.05, 4.69) is 38.3 Å². The third-order valence-electron chi connectivity index (χ3n) is 10.7. The maximum atomic E-state index is 12.3. The lowest BCUT2D eigenvalue weighted by Crippen LogP contribution is -2.47. The highest BCUT2D eigenvalue weighted by Gasteiger charge is 2.46. The minimum Gasteiger partial charge on any atom is -0.379 e. The third-order valence-corrected chi connectivity index (χ3v) is 10.7. The Labute approximate surface area is 288 Å². The molecule has 3 fully saturated rings. The molecule has 3 saturated carbocycles. The van der Waals surface area contributed by atoms with E-state index in [0.29, 0.717) is 24.9 Å². The van der Waals surface area contributed by atoms with E-state index < -0.39 is 10.8 Å². The van der Waals surface area contributed by atoms with Crippen molar-refractivity contribution in [2.75, 3.05) is 20.2 Å². The highest BCUT2D eigenvalue weighted by molar-refractivity contribution is 5.85. The highest BCUT2D eigenvalue weighted by atomic mass is 16.5. The standard InChI is InChI=1S/C14H26N2O2.C13H24N2O2.C10H20O.CH4/c1-5-8-14(4,10-6-7-10)12(18)16-9-13(2,3)11(15)17;1-4-5-10(9-6-7-9)11(16)15-8-13(2,3)12(14)17;1-10(2,11-3)9-7-5-4-6-8-9;/h10H,5-9H2,1-4H3,(H2,15,17)(H,16,18);9-10H,4-8H2,1-3H3,(H2,14,17)(H,15,16);9H,4-8H2,1-3H3;1H4. The molecule has 4 amide bonds. The first kappa shape index (κ1) is 44.8. The molecule has 3 aliphatic rings. The number of methoxy groups -OCH3 is 1. The van der Waals surface area contributed by atoms with Gasteiger partial charge < -0.3 is 26.8 Å². The molecule has 0 aliphatic heterocycles. The van der Waals surface area contributed by atoms with Gasteiger partial charge in [-0.05, 0) is 111 Å². The number of carbonyl (C=O) groups is 4. The van der Waals surface area contributed by atoms with Crippen molar-refractivity contribution in [3.63, 3.8) is 0 Å². The number of amides is 4. The number of nitrogens with two attached hydrogens (primary N) is 2. The number of carbonyl (C=O) groups excluding carboxylic acids is 4. The molecule has 0 radical (unpaired) electrons. The zero-order valence-electron chi connectivity index (χ0n) is 31.1. The summed E-state index contributed by atoms with van der Waals surface area (Å²) in [6.07, 6.45) is 15.4. The summed E-state index contributed by atoms with van der Waals surface area (Å²) in [5.74, 6) is 1.39. The summed E-state index contributed by atoms with van der Waals surface area (Å²) in [6, 6.07) is 0. The monoisotopic (exact) mass is 667 g/mol. The van der Waals surface area contributed by atoms with E-state index in [1.807, 2.05) is 14.0 Å². The van der Waals surface area contributed by atoms with E-state index in [9.17, 15) is 19.2 Å². The van der Waals surface area contributed by atoms with Crippen LogP contribution in [0.25, 0.3) is 0 Å². The number of primary amides is 2. The molecular weight excluding hydrogens is 592 g/mol. The predicted octanol–water partition coefficient (Wildman–Crippen LogP) is 6.90. The van der Waals surface area contributed by atoms with Gasteiger partial charge in [0, 0.05) is 31.5 Å². The lowest BCUT2D eigenvalue weighted by molar-refractivity contribution is -0.133. The fourth-order valence-electron chi connectivity index (χ4n) is 6.21. The average Bonchev–Trinajstić information content (AvgIpc) is 3.92. The molecule has 3 rings (SSSR count). The minimum atomic E-state index is -0.688. The van der Waals surface area contributed by atoms with Crippen LogP contribution in [0.15, 0.2) is 0 Å². The molecule has 0 aromatic carbocycles. The van der Waals surface area contributed by atoms with Gasteiger partial charge in [-0.1, -0.05) is 60.3 Å². The number of hydrogen-bond donors (Lipinski definition) is 4. The van der Waals surface area contributed by atoms with Gasteiger partial charge >= 0.3 is 0 Å². The second-order valence-electron chi connectivity index (χ2n) is 16.2. The second-order valence-corrected chi connectivity index (χ2v) is 16.2. The maximum Gasteiger partial charge on any atom is 0.226 e. The van der Waals surface area contributed by atoms with Crippen LogP contribution in [-0.2, 0) is 23.9 Å². The van der Waals surface area contributed by atoms with Crippen LogP contribution in [0.1, 0.15) is 153 Å². The summed E-state index contributed by atoms with van der Waals surface area (Å²) >= 11 is 0. The van der Waals surface area contributed by atoms with Crippen molar-refractivity contribution in [1.82, 2.24) is 10.6 Å². The van der Waals surface area contributed by atoms with Gasteiger partial charge in [0.15, 0.2) is 0 Å². The van der Waals surface area contributed by atoms with E-state index in [0.717, 1.165) is 57.3 Å². The van der Waals surface area contributed by atoms with Crippen LogP contribution in [-0.4, -0.2) is 49.4 Å². The Morgan fingerprint density at radius 1 is 0.723 bits per heavy atom. The lowest BCUT2D eigenvalue weighted by Gasteiger charge is -2.35. The Hall–Kier alpha value is -2.16. The van der Waals surface area contributed by atoms with Crippen LogP contribution >= 0.6 is 0 Å². The zero-order valence-corrected chi connectivity index (χ0v) is 31.1. The van der Waals surface area contributed by atoms with E-state index in [-0.39, 0.29) is 48.0 Å². The molecule has 3 aliphatic carbocycles. The number of nitrogens with one attached hydrogen (secondary N) is 2. The van der Waals surface area contributed by atoms with Gasteiger partial charge in [-0.2, -0.15) is 0 Å². The third kappa shape index (κ3) is 14.9. The Kier molecular flexibility index (Phi) is 18.8. The Morgan fingerprint density at radius 2 is 1.21 bits per heavy atom. The summed E-state index contributed by atoms with van der Waals surface area (Å²) in [6.45, 7) is 18.3. The molecule has 9 heteroatoms. The van der Waals surface area contributed by atoms with Crippen LogP contribution < -0.4 is 22.1 Å². The number of hydrogen-bond acceptors (Lipinski definition) is 5. The van der Waals surface area contributed by atoms with Crippen molar-refractivity contribution in [3.8, 4) is 0 Å². The first-order valence-electron chi connectivity index (χ1n) is 18.0. The van der Waals surface area contributed by atoms with Gasteiger partial charge in [0.25, 0.3) is 0 Å². The van der Waals surface area contributed by atoms with Crippen molar-refractivity contribution in [2.24, 2.45) is 51.4 Å². The Balaban J connectivity index is 0.000000687. The molecule has 9 nitrogen and oxygen atoms in total. The van der Waals surface area contributed by atoms with Gasteiger partial charge in [-0.25, -0.2) is 0 Å². The summed E-state index contributed by atoms with van der Waals surface area (Å²) in [5, 5.41) is 5.78. The summed E-state index contributed by atoms with van der Waals surface area (Å²) in [7, 11) is 1.83. The van der Waals surface area contributed by atoms with E-state index >= 15 is 0 Å². The fraction of sp³-hybridized carbons (Fsp3) is 0.895. The first-order valence-corrected chi connectivity index (χ1v) is 18.0. The van der Waals surface area contributed by atoms with Crippen LogP contribution in [0.2, 0.25) is 0 Å². The van der Waals surface area contributed by atoms with Crippen molar-refractivity contribution < 1.29 is 23.9 Å². The molecule has 47 heavy (non-hydrogen) atoms. The fourth-order valence-corrected chi connectivity index (χ4v) is 6.21. The summed E-state index contributed by atoms with van der Waals surface area (Å²) in [4.78, 5) is 46.7. The largest absolute Gasteiger partial charge is 0.379 e. The van der Waals surface area contributed by atoms with Crippen molar-refractivity contribution in [2.45, 2.75) is 159 Å². The molecule has 276 valence electrons.